The molecule has 24 heavy (non-hydrogen) atoms. The Morgan fingerprint density at radius 1 is 1.04 bits per heavy atom. The Kier molecular flexibility index (Phi) is 5.94. The SMILES string of the molecule is Cl.NCC1CCN(S(=O)(=O)c2ccc(S(=O)(=O)NC3CC3)cc2)C1. The fraction of sp³-hybridized carbons (Fsp3) is 0.571. The molecule has 2 fully saturated rings. The number of nitrogens with two attached hydrogens (primary N) is 1. The van der Waals surface area contributed by atoms with Gasteiger partial charge in [0.15, 0.2) is 0 Å². The van der Waals surface area contributed by atoms with Crippen LogP contribution in [-0.4, -0.2) is 46.8 Å². The Morgan fingerprint density at radius 2 is 1.62 bits per heavy atom. The maximum Gasteiger partial charge on any atom is 0.243 e. The van der Waals surface area contributed by atoms with Crippen molar-refractivity contribution in [1.29, 1.82) is 0 Å². The van der Waals surface area contributed by atoms with E-state index in [1.165, 1.54) is 28.6 Å². The zero-order valence-corrected chi connectivity index (χ0v) is 15.5. The second kappa shape index (κ2) is 7.27. The summed E-state index contributed by atoms with van der Waals surface area (Å²) in [6.45, 7) is 1.34. The van der Waals surface area contributed by atoms with Gasteiger partial charge in [0.25, 0.3) is 0 Å². The highest BCUT2D eigenvalue weighted by molar-refractivity contribution is 7.89. The van der Waals surface area contributed by atoms with Gasteiger partial charge < -0.3 is 5.73 Å². The lowest BCUT2D eigenvalue weighted by Gasteiger charge is -2.16. The Balaban J connectivity index is 0.00000208. The Morgan fingerprint density at radius 3 is 2.12 bits per heavy atom. The fourth-order valence-electron chi connectivity index (χ4n) is 2.64. The third-order valence-electron chi connectivity index (χ3n) is 4.25. The van der Waals surface area contributed by atoms with Gasteiger partial charge in [0, 0.05) is 19.1 Å². The molecule has 0 radical (unpaired) electrons. The molecule has 0 amide bonds. The highest BCUT2D eigenvalue weighted by atomic mass is 35.5. The summed E-state index contributed by atoms with van der Waals surface area (Å²) in [6.07, 6.45) is 2.46. The smallest absolute Gasteiger partial charge is 0.243 e. The number of hydrogen-bond donors (Lipinski definition) is 2. The molecule has 1 aromatic carbocycles. The number of benzene rings is 1. The number of rotatable bonds is 6. The molecular formula is C14H22ClN3O4S2. The molecule has 0 spiro atoms. The summed E-state index contributed by atoms with van der Waals surface area (Å²) in [5, 5.41) is 0. The van der Waals surface area contributed by atoms with Crippen molar-refractivity contribution in [2.24, 2.45) is 11.7 Å². The number of nitrogens with one attached hydrogen (secondary N) is 1. The monoisotopic (exact) mass is 395 g/mol. The van der Waals surface area contributed by atoms with Gasteiger partial charge in [0.2, 0.25) is 20.0 Å². The molecule has 2 aliphatic rings. The minimum absolute atomic E-state index is 0. The molecule has 1 aliphatic carbocycles. The summed E-state index contributed by atoms with van der Waals surface area (Å²) in [5.41, 5.74) is 5.60. The Bertz CT molecular complexity index is 777. The first kappa shape index (κ1) is 19.6. The third-order valence-corrected chi connectivity index (χ3v) is 7.67. The van der Waals surface area contributed by atoms with Crippen molar-refractivity contribution in [3.05, 3.63) is 24.3 Å². The van der Waals surface area contributed by atoms with Gasteiger partial charge in [-0.3, -0.25) is 0 Å². The zero-order chi connectivity index (χ0) is 16.7. The maximum atomic E-state index is 12.6. The van der Waals surface area contributed by atoms with E-state index in [2.05, 4.69) is 4.72 Å². The predicted octanol–water partition coefficient (Wildman–Crippen LogP) is 0.518. The van der Waals surface area contributed by atoms with Crippen LogP contribution in [0, 0.1) is 5.92 Å². The first-order valence-corrected chi connectivity index (χ1v) is 10.6. The molecule has 1 aromatic rings. The van der Waals surface area contributed by atoms with Crippen molar-refractivity contribution in [1.82, 2.24) is 9.03 Å². The number of sulfonamides is 2. The second-order valence-corrected chi connectivity index (χ2v) is 9.77. The summed E-state index contributed by atoms with van der Waals surface area (Å²) < 4.78 is 53.3. The Hall–Kier alpha value is -0.710. The van der Waals surface area contributed by atoms with E-state index in [1.807, 2.05) is 0 Å². The van der Waals surface area contributed by atoms with E-state index >= 15 is 0 Å². The van der Waals surface area contributed by atoms with Gasteiger partial charge in [-0.25, -0.2) is 21.6 Å². The summed E-state index contributed by atoms with van der Waals surface area (Å²) in [4.78, 5) is 0.199. The standard InChI is InChI=1S/C14H21N3O4S2.ClH/c15-9-11-7-8-17(10-11)23(20,21)14-5-3-13(4-6-14)22(18,19)16-12-1-2-12;/h3-6,11-12,16H,1-2,7-10,15H2;1H. The van der Waals surface area contributed by atoms with Gasteiger partial charge in [-0.05, 0) is 56.0 Å². The van der Waals surface area contributed by atoms with Crippen LogP contribution >= 0.6 is 12.4 Å². The van der Waals surface area contributed by atoms with Crippen molar-refractivity contribution < 1.29 is 16.8 Å². The van der Waals surface area contributed by atoms with Crippen LogP contribution in [0.3, 0.4) is 0 Å². The molecule has 0 aromatic heterocycles. The van der Waals surface area contributed by atoms with Crippen LogP contribution in [-0.2, 0) is 20.0 Å². The van der Waals surface area contributed by atoms with E-state index in [-0.39, 0.29) is 34.2 Å². The highest BCUT2D eigenvalue weighted by Gasteiger charge is 2.32. The van der Waals surface area contributed by atoms with Gasteiger partial charge in [-0.2, -0.15) is 4.31 Å². The topological polar surface area (TPSA) is 110 Å². The lowest BCUT2D eigenvalue weighted by molar-refractivity contribution is 0.459. The fourth-order valence-corrected chi connectivity index (χ4v) is 5.47. The van der Waals surface area contributed by atoms with Crippen LogP contribution in [0.1, 0.15) is 19.3 Å². The molecule has 1 aliphatic heterocycles. The highest BCUT2D eigenvalue weighted by Crippen LogP contribution is 2.26. The van der Waals surface area contributed by atoms with Crippen LogP contribution in [0.5, 0.6) is 0 Å². The number of hydrogen-bond acceptors (Lipinski definition) is 5. The number of nitrogens with zero attached hydrogens (tertiary/aromatic N) is 1. The molecule has 1 saturated carbocycles. The van der Waals surface area contributed by atoms with Gasteiger partial charge in [-0.1, -0.05) is 0 Å². The average Bonchev–Trinajstić information content (AvgIpc) is 3.18. The van der Waals surface area contributed by atoms with Crippen molar-refractivity contribution in [3.8, 4) is 0 Å². The summed E-state index contributed by atoms with van der Waals surface area (Å²) >= 11 is 0. The van der Waals surface area contributed by atoms with Crippen LogP contribution in [0.15, 0.2) is 34.1 Å². The molecule has 1 unspecified atom stereocenters. The minimum Gasteiger partial charge on any atom is -0.330 e. The van der Waals surface area contributed by atoms with E-state index in [9.17, 15) is 16.8 Å². The molecule has 3 N–H and O–H groups in total. The lowest BCUT2D eigenvalue weighted by Crippen LogP contribution is -2.30. The normalized spacial score (nSPS) is 22.3. The van der Waals surface area contributed by atoms with Crippen molar-refractivity contribution in [3.63, 3.8) is 0 Å². The zero-order valence-electron chi connectivity index (χ0n) is 13.1. The van der Waals surface area contributed by atoms with Crippen molar-refractivity contribution in [2.45, 2.75) is 35.1 Å². The van der Waals surface area contributed by atoms with E-state index < -0.39 is 20.0 Å². The molecule has 7 nitrogen and oxygen atoms in total. The van der Waals surface area contributed by atoms with Gasteiger partial charge in [-0.15, -0.1) is 12.4 Å². The van der Waals surface area contributed by atoms with Gasteiger partial charge >= 0.3 is 0 Å². The largest absolute Gasteiger partial charge is 0.330 e. The van der Waals surface area contributed by atoms with E-state index in [1.54, 1.807) is 0 Å². The first-order valence-electron chi connectivity index (χ1n) is 7.65. The van der Waals surface area contributed by atoms with Crippen LogP contribution in [0.2, 0.25) is 0 Å². The van der Waals surface area contributed by atoms with E-state index in [0.29, 0.717) is 19.6 Å². The minimum atomic E-state index is -3.59. The third kappa shape index (κ3) is 4.09. The van der Waals surface area contributed by atoms with Crippen LogP contribution in [0.4, 0.5) is 0 Å². The van der Waals surface area contributed by atoms with Crippen LogP contribution < -0.4 is 10.5 Å². The summed E-state index contributed by atoms with van der Waals surface area (Å²) in [6, 6.07) is 5.41. The van der Waals surface area contributed by atoms with Crippen LogP contribution in [0.25, 0.3) is 0 Å². The van der Waals surface area contributed by atoms with E-state index in [4.69, 9.17) is 5.73 Å². The summed E-state index contributed by atoms with van der Waals surface area (Å²) in [5.74, 6) is 0.187. The second-order valence-electron chi connectivity index (χ2n) is 6.12. The lowest BCUT2D eigenvalue weighted by atomic mass is 10.1. The first-order chi connectivity index (χ1) is 10.8. The molecule has 1 saturated heterocycles. The van der Waals surface area contributed by atoms with Crippen molar-refractivity contribution in [2.75, 3.05) is 19.6 Å². The molecule has 1 heterocycles. The van der Waals surface area contributed by atoms with E-state index in [0.717, 1.165) is 19.3 Å². The molecule has 0 bridgehead atoms. The average molecular weight is 396 g/mol. The van der Waals surface area contributed by atoms with Crippen molar-refractivity contribution >= 4 is 32.5 Å². The van der Waals surface area contributed by atoms with Gasteiger partial charge in [0.1, 0.15) is 0 Å². The molecule has 136 valence electrons. The summed E-state index contributed by atoms with van der Waals surface area (Å²) in [7, 11) is -7.16. The Labute approximate surface area is 149 Å². The molecule has 1 atom stereocenters. The molecular weight excluding hydrogens is 374 g/mol. The molecule has 10 heteroatoms. The number of halogens is 1. The predicted molar refractivity (Wildman–Crippen MR) is 93.0 cm³/mol. The maximum absolute atomic E-state index is 12.6. The quantitative estimate of drug-likeness (QED) is 0.729. The van der Waals surface area contributed by atoms with Gasteiger partial charge in [0.05, 0.1) is 9.79 Å². The molecule has 3 rings (SSSR count).